The smallest absolute Gasteiger partial charge is 0.295 e. The molecule has 2 heterocycles. The molecule has 4 aromatic carbocycles. The molecular formula is C30H21ClN6O3. The fourth-order valence-electron chi connectivity index (χ4n) is 4.36. The molecule has 6 aromatic rings. The van der Waals surface area contributed by atoms with Gasteiger partial charge in [-0.1, -0.05) is 53.2 Å². The second kappa shape index (κ2) is 10.5. The first-order valence-corrected chi connectivity index (χ1v) is 12.7. The number of benzene rings is 4. The van der Waals surface area contributed by atoms with E-state index in [1.54, 1.807) is 25.3 Å². The van der Waals surface area contributed by atoms with Crippen LogP contribution in [0.3, 0.4) is 0 Å². The minimum atomic E-state index is -0.432. The highest BCUT2D eigenvalue weighted by molar-refractivity contribution is 6.31. The number of nitro benzene ring substituents is 1. The summed E-state index contributed by atoms with van der Waals surface area (Å²) in [7, 11) is 0. The Kier molecular flexibility index (Phi) is 6.63. The van der Waals surface area contributed by atoms with Gasteiger partial charge in [0.1, 0.15) is 23.7 Å². The predicted octanol–water partition coefficient (Wildman–Crippen LogP) is 6.99. The van der Waals surface area contributed by atoms with Crippen LogP contribution >= 0.6 is 11.6 Å². The van der Waals surface area contributed by atoms with Crippen molar-refractivity contribution in [2.75, 3.05) is 0 Å². The van der Waals surface area contributed by atoms with Crippen molar-refractivity contribution in [2.24, 2.45) is 0 Å². The Hall–Kier alpha value is -5.15. The van der Waals surface area contributed by atoms with E-state index in [0.29, 0.717) is 28.0 Å². The lowest BCUT2D eigenvalue weighted by molar-refractivity contribution is -0.384. The van der Waals surface area contributed by atoms with Crippen LogP contribution < -0.4 is 4.74 Å². The van der Waals surface area contributed by atoms with Gasteiger partial charge in [-0.05, 0) is 61.0 Å². The highest BCUT2D eigenvalue weighted by Crippen LogP contribution is 2.31. The fourth-order valence-corrected chi connectivity index (χ4v) is 4.53. The number of aromatic nitrogens is 5. The maximum Gasteiger partial charge on any atom is 0.295 e. The van der Waals surface area contributed by atoms with Crippen molar-refractivity contribution in [3.05, 3.63) is 124 Å². The summed E-state index contributed by atoms with van der Waals surface area (Å²) in [5.41, 5.74) is 5.03. The Balaban J connectivity index is 1.22. The van der Waals surface area contributed by atoms with Crippen molar-refractivity contribution in [3.8, 4) is 34.1 Å². The molecule has 0 unspecified atom stereocenters. The van der Waals surface area contributed by atoms with Crippen molar-refractivity contribution < 1.29 is 9.66 Å². The number of aryl methyl sites for hydroxylation is 1. The van der Waals surface area contributed by atoms with E-state index in [0.717, 1.165) is 33.3 Å². The van der Waals surface area contributed by atoms with Crippen LogP contribution in [0.25, 0.3) is 39.2 Å². The number of hydrogen-bond donors (Lipinski definition) is 0. The Morgan fingerprint density at radius 1 is 0.925 bits per heavy atom. The minimum absolute atomic E-state index is 0.0395. The predicted molar refractivity (Wildman–Crippen MR) is 153 cm³/mol. The molecule has 2 aromatic heterocycles. The molecule has 0 N–H and O–H groups in total. The molecule has 0 aliphatic rings. The van der Waals surface area contributed by atoms with E-state index in [9.17, 15) is 10.1 Å². The quantitative estimate of drug-likeness (QED) is 0.156. The van der Waals surface area contributed by atoms with Gasteiger partial charge in [-0.2, -0.15) is 0 Å². The maximum absolute atomic E-state index is 11.5. The molecule has 10 heteroatoms. The lowest BCUT2D eigenvalue weighted by Gasteiger charge is -2.10. The van der Waals surface area contributed by atoms with Gasteiger partial charge in [0.25, 0.3) is 5.69 Å². The van der Waals surface area contributed by atoms with Crippen molar-refractivity contribution in [2.45, 2.75) is 13.5 Å². The molecule has 0 atom stereocenters. The molecule has 0 fully saturated rings. The molecular weight excluding hydrogens is 528 g/mol. The highest BCUT2D eigenvalue weighted by Gasteiger charge is 2.17. The molecule has 0 radical (unpaired) electrons. The molecule has 196 valence electrons. The van der Waals surface area contributed by atoms with Crippen molar-refractivity contribution >= 4 is 28.2 Å². The summed E-state index contributed by atoms with van der Waals surface area (Å²) in [4.78, 5) is 20.7. The van der Waals surface area contributed by atoms with E-state index in [-0.39, 0.29) is 12.3 Å². The summed E-state index contributed by atoms with van der Waals surface area (Å²) >= 11 is 6.28. The molecule has 40 heavy (non-hydrogen) atoms. The second-order valence-electron chi connectivity index (χ2n) is 9.14. The van der Waals surface area contributed by atoms with Gasteiger partial charge >= 0.3 is 0 Å². The van der Waals surface area contributed by atoms with Gasteiger partial charge in [0.2, 0.25) is 0 Å². The number of nitro groups is 1. The standard InChI is InChI=1S/C30H21ClN6O3/c1-19-7-14-27(28(15-19)37(38)39)36-17-23(34-35-36)18-40-24-11-8-21(9-12-24)30-32-26-13-10-22(31)16-25(26)29(33-30)20-5-3-2-4-6-20/h2-17H,18H2,1H3. The SMILES string of the molecule is Cc1ccc(-n2cc(COc3ccc(-c4nc(-c5ccccc5)c5cc(Cl)ccc5n4)cc3)nn2)c([N+](=O)[O-])c1. The van der Waals surface area contributed by atoms with E-state index in [2.05, 4.69) is 10.3 Å². The average Bonchev–Trinajstić information content (AvgIpc) is 3.45. The summed E-state index contributed by atoms with van der Waals surface area (Å²) in [6, 6.07) is 27.9. The molecule has 0 aliphatic carbocycles. The van der Waals surface area contributed by atoms with Crippen LogP contribution in [-0.4, -0.2) is 29.9 Å². The van der Waals surface area contributed by atoms with E-state index in [4.69, 9.17) is 26.3 Å². The molecule has 0 aliphatic heterocycles. The van der Waals surface area contributed by atoms with Gasteiger partial charge in [0.05, 0.1) is 22.3 Å². The van der Waals surface area contributed by atoms with E-state index in [1.807, 2.05) is 72.8 Å². The maximum atomic E-state index is 11.5. The van der Waals surface area contributed by atoms with Gasteiger partial charge in [0.15, 0.2) is 5.82 Å². The minimum Gasteiger partial charge on any atom is -0.487 e. The number of ether oxygens (including phenoxy) is 1. The highest BCUT2D eigenvalue weighted by atomic mass is 35.5. The molecule has 0 bridgehead atoms. The van der Waals surface area contributed by atoms with Crippen LogP contribution in [0.5, 0.6) is 5.75 Å². The van der Waals surface area contributed by atoms with Gasteiger partial charge in [-0.25, -0.2) is 14.6 Å². The van der Waals surface area contributed by atoms with Crippen molar-refractivity contribution in [1.29, 1.82) is 0 Å². The summed E-state index contributed by atoms with van der Waals surface area (Å²) in [6.45, 7) is 1.94. The Labute approximate surface area is 233 Å². The van der Waals surface area contributed by atoms with Gasteiger partial charge in [-0.15, -0.1) is 5.10 Å². The summed E-state index contributed by atoms with van der Waals surface area (Å²) in [5, 5.41) is 21.1. The fraction of sp³-hybridized carbons (Fsp3) is 0.0667. The zero-order chi connectivity index (χ0) is 27.6. The number of halogens is 1. The molecule has 0 saturated heterocycles. The normalized spacial score (nSPS) is 11.1. The van der Waals surface area contributed by atoms with Crippen LogP contribution in [0.2, 0.25) is 5.02 Å². The Morgan fingerprint density at radius 3 is 2.50 bits per heavy atom. The van der Waals surface area contributed by atoms with Crippen molar-refractivity contribution in [3.63, 3.8) is 0 Å². The van der Waals surface area contributed by atoms with E-state index < -0.39 is 4.92 Å². The third-order valence-corrected chi connectivity index (χ3v) is 6.55. The second-order valence-corrected chi connectivity index (χ2v) is 9.58. The van der Waals surface area contributed by atoms with Crippen molar-refractivity contribution in [1.82, 2.24) is 25.0 Å². The average molecular weight is 549 g/mol. The summed E-state index contributed by atoms with van der Waals surface area (Å²) in [5.74, 6) is 1.21. The third kappa shape index (κ3) is 5.10. The number of hydrogen-bond acceptors (Lipinski definition) is 7. The van der Waals surface area contributed by atoms with Crippen LogP contribution in [0.4, 0.5) is 5.69 Å². The molecule has 0 spiro atoms. The zero-order valence-electron chi connectivity index (χ0n) is 21.2. The Morgan fingerprint density at radius 2 is 1.73 bits per heavy atom. The topological polar surface area (TPSA) is 109 Å². The van der Waals surface area contributed by atoms with E-state index >= 15 is 0 Å². The zero-order valence-corrected chi connectivity index (χ0v) is 22.0. The number of rotatable bonds is 7. The molecule has 6 rings (SSSR count). The lowest BCUT2D eigenvalue weighted by atomic mass is 10.1. The third-order valence-electron chi connectivity index (χ3n) is 6.32. The molecule has 0 amide bonds. The Bertz CT molecular complexity index is 1860. The van der Waals surface area contributed by atoms with Crippen LogP contribution in [-0.2, 0) is 6.61 Å². The first-order valence-electron chi connectivity index (χ1n) is 12.4. The summed E-state index contributed by atoms with van der Waals surface area (Å²) in [6.07, 6.45) is 1.62. The van der Waals surface area contributed by atoms with Gasteiger partial charge < -0.3 is 4.74 Å². The monoisotopic (exact) mass is 548 g/mol. The van der Waals surface area contributed by atoms with Gasteiger partial charge in [-0.3, -0.25) is 10.1 Å². The molecule has 9 nitrogen and oxygen atoms in total. The number of fused-ring (bicyclic) bond motifs is 1. The van der Waals surface area contributed by atoms with Crippen LogP contribution in [0, 0.1) is 17.0 Å². The van der Waals surface area contributed by atoms with Crippen LogP contribution in [0.1, 0.15) is 11.3 Å². The molecule has 0 saturated carbocycles. The van der Waals surface area contributed by atoms with Crippen LogP contribution in [0.15, 0.2) is 97.2 Å². The lowest BCUT2D eigenvalue weighted by Crippen LogP contribution is -2.01. The first-order chi connectivity index (χ1) is 19.4. The largest absolute Gasteiger partial charge is 0.487 e. The number of nitrogens with zero attached hydrogens (tertiary/aromatic N) is 6. The van der Waals surface area contributed by atoms with Gasteiger partial charge in [0, 0.05) is 27.6 Å². The van der Waals surface area contributed by atoms with E-state index in [1.165, 1.54) is 10.7 Å². The summed E-state index contributed by atoms with van der Waals surface area (Å²) < 4.78 is 7.28. The first kappa shape index (κ1) is 25.1.